The maximum Gasteiger partial charge on any atom is 0.435 e. The molecule has 4 rings (SSSR count). The van der Waals surface area contributed by atoms with Gasteiger partial charge in [0.05, 0.1) is 28.9 Å². The molecule has 1 amide bonds. The second kappa shape index (κ2) is 11.3. The van der Waals surface area contributed by atoms with Crippen LogP contribution < -0.4 is 5.32 Å². The molecule has 0 fully saturated rings. The molecule has 0 atom stereocenters. The first-order valence-corrected chi connectivity index (χ1v) is 11.8. The third-order valence-corrected chi connectivity index (χ3v) is 6.15. The van der Waals surface area contributed by atoms with Gasteiger partial charge >= 0.3 is 12.1 Å². The summed E-state index contributed by atoms with van der Waals surface area (Å²) in [6.45, 7) is -0.275. The summed E-state index contributed by atoms with van der Waals surface area (Å²) in [7, 11) is 1.57. The van der Waals surface area contributed by atoms with Crippen LogP contribution in [0.4, 0.5) is 4.79 Å². The number of amides is 1. The van der Waals surface area contributed by atoms with Crippen LogP contribution in [-0.2, 0) is 9.53 Å². The second-order valence-electron chi connectivity index (χ2n) is 7.50. The number of pyridine rings is 1. The van der Waals surface area contributed by atoms with Gasteiger partial charge in [-0.25, -0.2) is 4.79 Å². The predicted molar refractivity (Wildman–Crippen MR) is 136 cm³/mol. The minimum absolute atomic E-state index is 0.201. The highest BCUT2D eigenvalue weighted by atomic mass is 32.2. The smallest absolute Gasteiger partial charge is 0.435 e. The lowest BCUT2D eigenvalue weighted by atomic mass is 10.2. The maximum atomic E-state index is 12.8. The van der Waals surface area contributed by atoms with Gasteiger partial charge in [-0.3, -0.25) is 14.6 Å². The van der Waals surface area contributed by atoms with E-state index in [2.05, 4.69) is 15.4 Å². The fourth-order valence-corrected chi connectivity index (χ4v) is 4.35. The fourth-order valence-electron chi connectivity index (χ4n) is 3.38. The van der Waals surface area contributed by atoms with Gasteiger partial charge in [0.15, 0.2) is 0 Å². The van der Waals surface area contributed by atoms with Crippen molar-refractivity contribution in [1.29, 1.82) is 0 Å². The summed E-state index contributed by atoms with van der Waals surface area (Å²) in [5.41, 5.74) is 2.26. The molecule has 0 radical (unpaired) electrons. The third-order valence-electron chi connectivity index (χ3n) is 5.08. The molecule has 0 aliphatic heterocycles. The average molecular weight is 503 g/mol. The van der Waals surface area contributed by atoms with Crippen LogP contribution >= 0.6 is 11.8 Å². The first-order valence-electron chi connectivity index (χ1n) is 11.0. The van der Waals surface area contributed by atoms with Crippen LogP contribution in [0.1, 0.15) is 28.2 Å². The molecule has 2 aromatic heterocycles. The Bertz CT molecular complexity index is 1450. The van der Waals surface area contributed by atoms with Crippen LogP contribution in [0.5, 0.6) is 0 Å². The fraction of sp³-hybridized carbons (Fsp3) is 0.115. The second-order valence-corrected chi connectivity index (χ2v) is 8.61. The van der Waals surface area contributed by atoms with E-state index in [4.69, 9.17) is 9.84 Å². The quantitative estimate of drug-likeness (QED) is 0.359. The molecule has 0 aliphatic carbocycles. The van der Waals surface area contributed by atoms with Crippen molar-refractivity contribution in [2.75, 3.05) is 13.7 Å². The molecular formula is C26H22N4O5S. The monoisotopic (exact) mass is 502 g/mol. The number of hydrogen-bond donors (Lipinski definition) is 2. The Kier molecular flexibility index (Phi) is 7.76. The average Bonchev–Trinajstić information content (AvgIpc) is 3.25. The van der Waals surface area contributed by atoms with Crippen molar-refractivity contribution >= 4 is 52.8 Å². The van der Waals surface area contributed by atoms with Crippen molar-refractivity contribution in [2.45, 2.75) is 16.2 Å². The molecule has 2 aromatic carbocycles. The van der Waals surface area contributed by atoms with E-state index in [0.717, 1.165) is 20.2 Å². The van der Waals surface area contributed by atoms with Gasteiger partial charge in [0.25, 0.3) is 5.91 Å². The molecule has 4 aromatic rings. The standard InChI is InChI=1S/C26H22N4O5S/c1-27-25(33)20-7-2-3-8-23(20)36-18-10-11-19-21(12-9-17-6-4-5-14-28-17)29-30(22(19)16-18)26(34)35-15-13-24(31)32/h2-12,14,16H,13,15H2,1H3,(H,27,33)(H,31,32)/b12-9+. The van der Waals surface area contributed by atoms with Crippen LogP contribution in [0.3, 0.4) is 0 Å². The zero-order valence-electron chi connectivity index (χ0n) is 19.2. The third kappa shape index (κ3) is 5.78. The molecule has 0 aliphatic rings. The number of fused-ring (bicyclic) bond motifs is 1. The van der Waals surface area contributed by atoms with E-state index >= 15 is 0 Å². The van der Waals surface area contributed by atoms with Crippen molar-refractivity contribution in [3.63, 3.8) is 0 Å². The number of carboxylic acids is 1. The van der Waals surface area contributed by atoms with Crippen molar-refractivity contribution < 1.29 is 24.2 Å². The SMILES string of the molecule is CNC(=O)c1ccccc1Sc1ccc2c(/C=C/c3ccccn3)nn(C(=O)OCCC(=O)O)c2c1. The van der Waals surface area contributed by atoms with E-state index < -0.39 is 12.1 Å². The van der Waals surface area contributed by atoms with Gasteiger partial charge in [0.1, 0.15) is 6.61 Å². The van der Waals surface area contributed by atoms with Crippen LogP contribution in [0.2, 0.25) is 0 Å². The number of aromatic nitrogens is 3. The summed E-state index contributed by atoms with van der Waals surface area (Å²) in [6.07, 6.45) is 4.11. The minimum Gasteiger partial charge on any atom is -0.481 e. The summed E-state index contributed by atoms with van der Waals surface area (Å²) < 4.78 is 6.25. The Morgan fingerprint density at radius 1 is 1.08 bits per heavy atom. The van der Waals surface area contributed by atoms with Crippen molar-refractivity contribution in [1.82, 2.24) is 20.1 Å². The molecule has 9 nitrogen and oxygen atoms in total. The Balaban J connectivity index is 1.71. The first-order chi connectivity index (χ1) is 17.5. The van der Waals surface area contributed by atoms with Gasteiger partial charge in [-0.15, -0.1) is 0 Å². The van der Waals surface area contributed by atoms with Crippen molar-refractivity contribution in [3.05, 3.63) is 83.8 Å². The number of nitrogens with zero attached hydrogens (tertiary/aromatic N) is 3. The van der Waals surface area contributed by atoms with E-state index in [1.807, 2.05) is 42.5 Å². The summed E-state index contributed by atoms with van der Waals surface area (Å²) in [5.74, 6) is -1.27. The topological polar surface area (TPSA) is 123 Å². The van der Waals surface area contributed by atoms with E-state index in [-0.39, 0.29) is 18.9 Å². The highest BCUT2D eigenvalue weighted by Gasteiger charge is 2.18. The highest BCUT2D eigenvalue weighted by Crippen LogP contribution is 2.33. The molecule has 0 unspecified atom stereocenters. The number of nitrogens with one attached hydrogen (secondary N) is 1. The van der Waals surface area contributed by atoms with Crippen LogP contribution in [0.15, 0.2) is 76.7 Å². The summed E-state index contributed by atoms with van der Waals surface area (Å²) >= 11 is 1.37. The van der Waals surface area contributed by atoms with E-state index in [0.29, 0.717) is 22.2 Å². The predicted octanol–water partition coefficient (Wildman–Crippen LogP) is 4.57. The van der Waals surface area contributed by atoms with Gasteiger partial charge in [-0.1, -0.05) is 30.0 Å². The zero-order chi connectivity index (χ0) is 25.5. The number of carboxylic acid groups (broad SMARTS) is 1. The lowest BCUT2D eigenvalue weighted by Gasteiger charge is -2.08. The number of rotatable bonds is 8. The van der Waals surface area contributed by atoms with Gasteiger partial charge in [-0.05, 0) is 54.6 Å². The Hall–Kier alpha value is -4.44. The number of ether oxygens (including phenoxy) is 1. The number of carbonyl (C=O) groups is 3. The number of hydrogen-bond acceptors (Lipinski definition) is 7. The van der Waals surface area contributed by atoms with E-state index in [9.17, 15) is 14.4 Å². The number of carbonyl (C=O) groups excluding carboxylic acids is 2. The van der Waals surface area contributed by atoms with Crippen molar-refractivity contribution in [3.8, 4) is 0 Å². The molecular weight excluding hydrogens is 480 g/mol. The minimum atomic E-state index is -1.07. The van der Waals surface area contributed by atoms with E-state index in [1.165, 1.54) is 11.8 Å². The molecule has 36 heavy (non-hydrogen) atoms. The molecule has 0 bridgehead atoms. The van der Waals surface area contributed by atoms with Gasteiger partial charge in [-0.2, -0.15) is 9.78 Å². The normalized spacial score (nSPS) is 11.0. The molecule has 2 N–H and O–H groups in total. The largest absolute Gasteiger partial charge is 0.481 e. The molecule has 10 heteroatoms. The number of benzene rings is 2. The van der Waals surface area contributed by atoms with Gasteiger partial charge in [0, 0.05) is 28.4 Å². The highest BCUT2D eigenvalue weighted by molar-refractivity contribution is 7.99. The molecule has 2 heterocycles. The van der Waals surface area contributed by atoms with Gasteiger partial charge < -0.3 is 15.2 Å². The lowest BCUT2D eigenvalue weighted by Crippen LogP contribution is -2.18. The Morgan fingerprint density at radius 2 is 1.89 bits per heavy atom. The molecule has 0 spiro atoms. The summed E-state index contributed by atoms with van der Waals surface area (Å²) in [5, 5.41) is 16.6. The molecule has 0 saturated carbocycles. The van der Waals surface area contributed by atoms with Gasteiger partial charge in [0.2, 0.25) is 0 Å². The maximum absolute atomic E-state index is 12.8. The van der Waals surface area contributed by atoms with Crippen LogP contribution in [-0.4, -0.2) is 51.5 Å². The molecule has 0 saturated heterocycles. The lowest BCUT2D eigenvalue weighted by molar-refractivity contribution is -0.137. The Labute approximate surface area is 210 Å². The van der Waals surface area contributed by atoms with Crippen molar-refractivity contribution in [2.24, 2.45) is 0 Å². The molecule has 182 valence electrons. The zero-order valence-corrected chi connectivity index (χ0v) is 20.1. The Morgan fingerprint density at radius 3 is 2.64 bits per heavy atom. The number of aliphatic carboxylic acids is 1. The summed E-state index contributed by atoms with van der Waals surface area (Å²) in [6, 6.07) is 18.2. The van der Waals surface area contributed by atoms with Crippen LogP contribution in [0.25, 0.3) is 23.1 Å². The summed E-state index contributed by atoms with van der Waals surface area (Å²) in [4.78, 5) is 41.6. The van der Waals surface area contributed by atoms with E-state index in [1.54, 1.807) is 43.6 Å². The van der Waals surface area contributed by atoms with Crippen LogP contribution in [0, 0.1) is 0 Å². The first kappa shape index (κ1) is 24.7.